The molecule has 0 bridgehead atoms. The number of amides is 2. The lowest BCUT2D eigenvalue weighted by atomic mass is 9.78. The number of halogens is 2. The average Bonchev–Trinajstić information content (AvgIpc) is 2.90. The number of nitrogens with one attached hydrogen (secondary N) is 2. The van der Waals surface area contributed by atoms with E-state index in [9.17, 15) is 18.7 Å². The van der Waals surface area contributed by atoms with E-state index < -0.39 is 11.6 Å². The summed E-state index contributed by atoms with van der Waals surface area (Å²) in [6.45, 7) is 14.8. The highest BCUT2D eigenvalue weighted by Gasteiger charge is 2.27. The molecule has 1 saturated heterocycles. The van der Waals surface area contributed by atoms with E-state index in [1.807, 2.05) is 24.3 Å². The maximum absolute atomic E-state index is 13.6. The number of piperidine rings is 1. The zero-order chi connectivity index (χ0) is 30.7. The topological polar surface area (TPSA) is 64.6 Å². The first-order chi connectivity index (χ1) is 19.7. The molecular formula is C35H45F2N3O2. The van der Waals surface area contributed by atoms with Gasteiger partial charge in [-0.3, -0.25) is 4.90 Å². The number of phenols is 1. The summed E-state index contributed by atoms with van der Waals surface area (Å²) in [5.41, 5.74) is 5.27. The number of nitrogens with zero attached hydrogens (tertiary/aromatic N) is 1. The number of benzene rings is 3. The van der Waals surface area contributed by atoms with Crippen molar-refractivity contribution >= 4 is 11.7 Å². The number of likely N-dealkylation sites (tertiary alicyclic amines) is 1. The van der Waals surface area contributed by atoms with Crippen LogP contribution in [-0.2, 0) is 30.2 Å². The van der Waals surface area contributed by atoms with Gasteiger partial charge in [-0.15, -0.1) is 0 Å². The van der Waals surface area contributed by atoms with E-state index in [0.29, 0.717) is 12.3 Å². The number of urea groups is 1. The lowest BCUT2D eigenvalue weighted by Gasteiger charge is -2.32. The standard InChI is InChI=1S/C35H45F2N3O2/c1-34(2,3)27-19-23(20-28(32(27)41)35(4,5)6)11-13-25-9-7-8-10-31(25)39-33(42)38-26-15-17-40(18-16-26)22-24-12-14-29(36)30(37)21-24/h7-10,12,14,19-21,26,41H,11,13,15-18,22H2,1-6H3,(H2,38,39,42). The Morgan fingerprint density at radius 3 is 2.07 bits per heavy atom. The fraction of sp³-hybridized carbons (Fsp3) is 0.457. The first kappa shape index (κ1) is 31.5. The number of para-hydroxylation sites is 1. The minimum absolute atomic E-state index is 0.0435. The van der Waals surface area contributed by atoms with E-state index in [4.69, 9.17) is 0 Å². The van der Waals surface area contributed by atoms with Gasteiger partial charge in [0, 0.05) is 31.4 Å². The molecule has 0 saturated carbocycles. The molecule has 3 N–H and O–H groups in total. The molecule has 226 valence electrons. The molecule has 2 amide bonds. The molecule has 3 aromatic rings. The lowest BCUT2D eigenvalue weighted by molar-refractivity contribution is 0.189. The SMILES string of the molecule is CC(C)(C)c1cc(CCc2ccccc2NC(=O)NC2CCN(Cc3ccc(F)c(F)c3)CC2)cc(C(C)(C)C)c1O. The fourth-order valence-electron chi connectivity index (χ4n) is 5.60. The Kier molecular flexibility index (Phi) is 9.61. The van der Waals surface area contributed by atoms with Crippen molar-refractivity contribution < 1.29 is 18.7 Å². The van der Waals surface area contributed by atoms with Crippen molar-refractivity contribution in [3.8, 4) is 5.75 Å². The molecule has 0 unspecified atom stereocenters. The van der Waals surface area contributed by atoms with Crippen LogP contribution in [0.25, 0.3) is 0 Å². The maximum Gasteiger partial charge on any atom is 0.319 e. The smallest absolute Gasteiger partial charge is 0.319 e. The molecule has 42 heavy (non-hydrogen) atoms. The molecule has 5 nitrogen and oxygen atoms in total. The highest BCUT2D eigenvalue weighted by Crippen LogP contribution is 2.40. The van der Waals surface area contributed by atoms with Gasteiger partial charge in [-0.25, -0.2) is 13.6 Å². The Labute approximate surface area is 249 Å². The third kappa shape index (κ3) is 8.09. The summed E-state index contributed by atoms with van der Waals surface area (Å²) in [5, 5.41) is 17.2. The number of aryl methyl sites for hydroxylation is 2. The summed E-state index contributed by atoms with van der Waals surface area (Å²) < 4.78 is 26.8. The first-order valence-corrected chi connectivity index (χ1v) is 14.9. The molecule has 1 aliphatic heterocycles. The Morgan fingerprint density at radius 1 is 0.857 bits per heavy atom. The molecule has 1 heterocycles. The first-order valence-electron chi connectivity index (χ1n) is 14.9. The molecule has 0 atom stereocenters. The molecule has 1 aliphatic rings. The second-order valence-corrected chi connectivity index (χ2v) is 13.6. The Morgan fingerprint density at radius 2 is 1.48 bits per heavy atom. The number of aromatic hydroxyl groups is 1. The Hall–Kier alpha value is -3.45. The summed E-state index contributed by atoms with van der Waals surface area (Å²) in [5.74, 6) is -1.28. The summed E-state index contributed by atoms with van der Waals surface area (Å²) in [4.78, 5) is 15.1. The van der Waals surface area contributed by atoms with Crippen molar-refractivity contribution in [3.05, 3.63) is 94.0 Å². The highest BCUT2D eigenvalue weighted by molar-refractivity contribution is 5.90. The summed E-state index contributed by atoms with van der Waals surface area (Å²) in [7, 11) is 0. The van der Waals surface area contributed by atoms with Crippen molar-refractivity contribution in [1.29, 1.82) is 0 Å². The van der Waals surface area contributed by atoms with E-state index in [1.54, 1.807) is 6.07 Å². The Balaban J connectivity index is 1.35. The van der Waals surface area contributed by atoms with E-state index >= 15 is 0 Å². The molecule has 3 aromatic carbocycles. The largest absolute Gasteiger partial charge is 0.507 e. The normalized spacial score (nSPS) is 15.0. The van der Waals surface area contributed by atoms with E-state index in [1.165, 1.54) is 6.07 Å². The number of carbonyl (C=O) groups excluding carboxylic acids is 1. The van der Waals surface area contributed by atoms with Crippen LogP contribution in [0.3, 0.4) is 0 Å². The second kappa shape index (κ2) is 12.8. The molecule has 0 spiro atoms. The lowest BCUT2D eigenvalue weighted by Crippen LogP contribution is -2.45. The molecule has 1 fully saturated rings. The second-order valence-electron chi connectivity index (χ2n) is 13.6. The average molecular weight is 578 g/mol. The van der Waals surface area contributed by atoms with Gasteiger partial charge in [0.2, 0.25) is 0 Å². The van der Waals surface area contributed by atoms with Gasteiger partial charge < -0.3 is 15.7 Å². The van der Waals surface area contributed by atoms with Gasteiger partial charge in [-0.2, -0.15) is 0 Å². The van der Waals surface area contributed by atoms with Gasteiger partial charge in [0.05, 0.1) is 0 Å². The molecular weight excluding hydrogens is 532 g/mol. The monoisotopic (exact) mass is 577 g/mol. The van der Waals surface area contributed by atoms with Crippen LogP contribution in [0.2, 0.25) is 0 Å². The number of phenolic OH excluding ortho intramolecular Hbond substituents is 1. The van der Waals surface area contributed by atoms with E-state index in [2.05, 4.69) is 69.2 Å². The van der Waals surface area contributed by atoms with Crippen LogP contribution >= 0.6 is 0 Å². The van der Waals surface area contributed by atoms with Crippen molar-refractivity contribution in [1.82, 2.24) is 10.2 Å². The van der Waals surface area contributed by atoms with Gasteiger partial charge in [0.15, 0.2) is 11.6 Å². The van der Waals surface area contributed by atoms with E-state index in [-0.39, 0.29) is 22.9 Å². The number of hydrogen-bond donors (Lipinski definition) is 3. The van der Waals surface area contributed by atoms with Crippen LogP contribution in [0.1, 0.15) is 82.2 Å². The number of anilines is 1. The third-order valence-electron chi connectivity index (χ3n) is 8.05. The van der Waals surface area contributed by atoms with Crippen LogP contribution in [0.5, 0.6) is 5.75 Å². The maximum atomic E-state index is 13.6. The zero-order valence-corrected chi connectivity index (χ0v) is 25.8. The van der Waals surface area contributed by atoms with Crippen molar-refractivity contribution in [2.24, 2.45) is 0 Å². The molecule has 0 radical (unpaired) electrons. The van der Waals surface area contributed by atoms with E-state index in [0.717, 1.165) is 78.3 Å². The van der Waals surface area contributed by atoms with Gasteiger partial charge in [0.1, 0.15) is 5.75 Å². The zero-order valence-electron chi connectivity index (χ0n) is 25.8. The molecule has 4 rings (SSSR count). The summed E-state index contributed by atoms with van der Waals surface area (Å²) >= 11 is 0. The van der Waals surface area contributed by atoms with Crippen molar-refractivity contribution in [2.45, 2.75) is 90.6 Å². The quantitative estimate of drug-likeness (QED) is 0.268. The van der Waals surface area contributed by atoms with Crippen LogP contribution < -0.4 is 10.6 Å². The van der Waals surface area contributed by atoms with Gasteiger partial charge >= 0.3 is 6.03 Å². The van der Waals surface area contributed by atoms with Crippen LogP contribution in [-0.4, -0.2) is 35.2 Å². The van der Waals surface area contributed by atoms with Crippen molar-refractivity contribution in [3.63, 3.8) is 0 Å². The fourth-order valence-corrected chi connectivity index (χ4v) is 5.60. The van der Waals surface area contributed by atoms with Crippen LogP contribution in [0.4, 0.5) is 19.3 Å². The molecule has 0 aliphatic carbocycles. The van der Waals surface area contributed by atoms with Gasteiger partial charge in [-0.1, -0.05) is 77.9 Å². The molecule has 7 heteroatoms. The van der Waals surface area contributed by atoms with Crippen LogP contribution in [0, 0.1) is 11.6 Å². The predicted octanol–water partition coefficient (Wildman–Crippen LogP) is 7.84. The summed E-state index contributed by atoms with van der Waals surface area (Å²) in [6, 6.07) is 16.0. The summed E-state index contributed by atoms with van der Waals surface area (Å²) in [6.07, 6.45) is 3.09. The number of hydrogen-bond acceptors (Lipinski definition) is 3. The van der Waals surface area contributed by atoms with Crippen LogP contribution in [0.15, 0.2) is 54.6 Å². The predicted molar refractivity (Wildman–Crippen MR) is 166 cm³/mol. The highest BCUT2D eigenvalue weighted by atomic mass is 19.2. The number of rotatable bonds is 7. The van der Waals surface area contributed by atoms with Gasteiger partial charge in [0.25, 0.3) is 0 Å². The Bertz CT molecular complexity index is 1370. The van der Waals surface area contributed by atoms with Crippen molar-refractivity contribution in [2.75, 3.05) is 18.4 Å². The van der Waals surface area contributed by atoms with Gasteiger partial charge in [-0.05, 0) is 82.5 Å². The third-order valence-corrected chi connectivity index (χ3v) is 8.05. The minimum Gasteiger partial charge on any atom is -0.507 e. The number of carbonyl (C=O) groups is 1. The minimum atomic E-state index is -0.834. The molecule has 0 aromatic heterocycles.